The molecule has 0 spiro atoms. The Labute approximate surface area is 102 Å². The van der Waals surface area contributed by atoms with E-state index in [0.717, 1.165) is 6.42 Å². The van der Waals surface area contributed by atoms with Crippen LogP contribution in [0.4, 0.5) is 0 Å². The van der Waals surface area contributed by atoms with Gasteiger partial charge >= 0.3 is 5.97 Å². The number of rotatable bonds is 4. The number of hydrogen-bond acceptors (Lipinski definition) is 2. The molecule has 1 aromatic carbocycles. The van der Waals surface area contributed by atoms with E-state index in [2.05, 4.69) is 25.1 Å². The third-order valence-corrected chi connectivity index (χ3v) is 3.16. The number of carbonyl (C=O) groups excluding carboxylic acids is 1. The molecule has 1 fully saturated rings. The van der Waals surface area contributed by atoms with Crippen LogP contribution in [0.1, 0.15) is 25.8 Å². The first-order valence-corrected chi connectivity index (χ1v) is 6.12. The van der Waals surface area contributed by atoms with E-state index in [1.807, 2.05) is 25.1 Å². The van der Waals surface area contributed by atoms with Crippen LogP contribution >= 0.6 is 0 Å². The first-order chi connectivity index (χ1) is 8.22. The van der Waals surface area contributed by atoms with Crippen molar-refractivity contribution in [3.8, 4) is 0 Å². The number of benzene rings is 1. The lowest BCUT2D eigenvalue weighted by Gasteiger charge is -2.02. The average molecular weight is 230 g/mol. The first-order valence-electron chi connectivity index (χ1n) is 6.12. The van der Waals surface area contributed by atoms with E-state index in [1.165, 1.54) is 11.1 Å². The lowest BCUT2D eigenvalue weighted by molar-refractivity contribution is -0.144. The summed E-state index contributed by atoms with van der Waals surface area (Å²) in [6.45, 7) is 4.42. The summed E-state index contributed by atoms with van der Waals surface area (Å²) in [5.41, 5.74) is 2.47. The van der Waals surface area contributed by atoms with Crippen LogP contribution < -0.4 is 0 Å². The molecule has 0 heterocycles. The monoisotopic (exact) mass is 230 g/mol. The van der Waals surface area contributed by atoms with Crippen LogP contribution in [-0.4, -0.2) is 12.6 Å². The molecule has 1 saturated carbocycles. The van der Waals surface area contributed by atoms with Crippen molar-refractivity contribution in [1.29, 1.82) is 0 Å². The Hall–Kier alpha value is -1.57. The fraction of sp³-hybridized carbons (Fsp3) is 0.400. The van der Waals surface area contributed by atoms with Crippen LogP contribution in [0, 0.1) is 11.8 Å². The molecule has 1 aromatic rings. The van der Waals surface area contributed by atoms with Gasteiger partial charge in [0.05, 0.1) is 12.5 Å². The van der Waals surface area contributed by atoms with E-state index in [4.69, 9.17) is 4.74 Å². The Morgan fingerprint density at radius 2 is 2.06 bits per heavy atom. The van der Waals surface area contributed by atoms with Gasteiger partial charge in [-0.25, -0.2) is 0 Å². The number of hydrogen-bond donors (Lipinski definition) is 0. The summed E-state index contributed by atoms with van der Waals surface area (Å²) in [4.78, 5) is 11.5. The molecular formula is C15H18O2. The SMILES string of the molecule is CCOC(=O)C1CC1/C(C)=C/c1ccccc1. The zero-order chi connectivity index (χ0) is 12.3. The van der Waals surface area contributed by atoms with E-state index in [-0.39, 0.29) is 11.9 Å². The standard InChI is InChI=1S/C15H18O2/c1-3-17-15(16)14-10-13(14)11(2)9-12-7-5-4-6-8-12/h4-9,13-14H,3,10H2,1-2H3/b11-9+. The summed E-state index contributed by atoms with van der Waals surface area (Å²) < 4.78 is 5.03. The van der Waals surface area contributed by atoms with Gasteiger partial charge < -0.3 is 4.74 Å². The van der Waals surface area contributed by atoms with Gasteiger partial charge in [0.15, 0.2) is 0 Å². The highest BCUT2D eigenvalue weighted by Gasteiger charge is 2.44. The van der Waals surface area contributed by atoms with Crippen molar-refractivity contribution in [3.63, 3.8) is 0 Å². The van der Waals surface area contributed by atoms with Gasteiger partial charge in [0.1, 0.15) is 0 Å². The lowest BCUT2D eigenvalue weighted by Crippen LogP contribution is -2.07. The quantitative estimate of drug-likeness (QED) is 0.742. The van der Waals surface area contributed by atoms with Crippen molar-refractivity contribution in [2.45, 2.75) is 20.3 Å². The number of carbonyl (C=O) groups is 1. The van der Waals surface area contributed by atoms with E-state index < -0.39 is 0 Å². The minimum Gasteiger partial charge on any atom is -0.466 e. The third-order valence-electron chi connectivity index (χ3n) is 3.16. The molecular weight excluding hydrogens is 212 g/mol. The maximum Gasteiger partial charge on any atom is 0.309 e. The summed E-state index contributed by atoms with van der Waals surface area (Å²) in [5, 5.41) is 0. The highest BCUT2D eigenvalue weighted by atomic mass is 16.5. The largest absolute Gasteiger partial charge is 0.466 e. The van der Waals surface area contributed by atoms with Gasteiger partial charge in [0.2, 0.25) is 0 Å². The Morgan fingerprint density at radius 1 is 1.35 bits per heavy atom. The molecule has 0 aromatic heterocycles. The molecule has 1 aliphatic rings. The van der Waals surface area contributed by atoms with Gasteiger partial charge in [-0.1, -0.05) is 42.0 Å². The smallest absolute Gasteiger partial charge is 0.309 e. The molecule has 2 rings (SSSR count). The molecule has 0 bridgehead atoms. The Bertz CT molecular complexity index is 420. The molecule has 2 nitrogen and oxygen atoms in total. The lowest BCUT2D eigenvalue weighted by atomic mass is 10.1. The Balaban J connectivity index is 1.97. The van der Waals surface area contributed by atoms with Crippen molar-refractivity contribution < 1.29 is 9.53 Å². The van der Waals surface area contributed by atoms with Gasteiger partial charge in [-0.3, -0.25) is 4.79 Å². The van der Waals surface area contributed by atoms with E-state index in [9.17, 15) is 4.79 Å². The maximum absolute atomic E-state index is 11.5. The summed E-state index contributed by atoms with van der Waals surface area (Å²) in [7, 11) is 0. The van der Waals surface area contributed by atoms with Crippen LogP contribution in [-0.2, 0) is 9.53 Å². The molecule has 0 N–H and O–H groups in total. The molecule has 1 aliphatic carbocycles. The zero-order valence-corrected chi connectivity index (χ0v) is 10.3. The highest BCUT2D eigenvalue weighted by molar-refractivity contribution is 5.77. The predicted molar refractivity (Wildman–Crippen MR) is 68.3 cm³/mol. The molecule has 2 atom stereocenters. The summed E-state index contributed by atoms with van der Waals surface area (Å²) in [6.07, 6.45) is 3.10. The number of allylic oxidation sites excluding steroid dienone is 1. The molecule has 2 heteroatoms. The number of esters is 1. The molecule has 0 radical (unpaired) electrons. The van der Waals surface area contributed by atoms with Crippen LogP contribution in [0.2, 0.25) is 0 Å². The van der Waals surface area contributed by atoms with Crippen molar-refractivity contribution in [3.05, 3.63) is 41.5 Å². The van der Waals surface area contributed by atoms with Gasteiger partial charge in [-0.15, -0.1) is 0 Å². The normalized spacial score (nSPS) is 23.3. The fourth-order valence-corrected chi connectivity index (χ4v) is 2.13. The molecule has 0 amide bonds. The van der Waals surface area contributed by atoms with Crippen molar-refractivity contribution >= 4 is 12.0 Å². The van der Waals surface area contributed by atoms with Crippen LogP contribution in [0.5, 0.6) is 0 Å². The molecule has 2 unspecified atom stereocenters. The zero-order valence-electron chi connectivity index (χ0n) is 10.3. The minimum absolute atomic E-state index is 0.0432. The van der Waals surface area contributed by atoms with E-state index >= 15 is 0 Å². The van der Waals surface area contributed by atoms with Crippen molar-refractivity contribution in [2.75, 3.05) is 6.61 Å². The van der Waals surface area contributed by atoms with Crippen LogP contribution in [0.25, 0.3) is 6.08 Å². The molecule has 0 saturated heterocycles. The minimum atomic E-state index is -0.0432. The van der Waals surface area contributed by atoms with Crippen LogP contribution in [0.3, 0.4) is 0 Å². The Kier molecular flexibility index (Phi) is 3.62. The second-order valence-corrected chi connectivity index (χ2v) is 4.50. The molecule has 90 valence electrons. The maximum atomic E-state index is 11.5. The highest BCUT2D eigenvalue weighted by Crippen LogP contribution is 2.45. The van der Waals surface area contributed by atoms with Crippen molar-refractivity contribution in [1.82, 2.24) is 0 Å². The topological polar surface area (TPSA) is 26.3 Å². The van der Waals surface area contributed by atoms with Crippen molar-refractivity contribution in [2.24, 2.45) is 11.8 Å². The first kappa shape index (κ1) is 11.9. The van der Waals surface area contributed by atoms with Crippen LogP contribution in [0.15, 0.2) is 35.9 Å². The Morgan fingerprint density at radius 3 is 2.71 bits per heavy atom. The number of ether oxygens (including phenoxy) is 1. The predicted octanol–water partition coefficient (Wildman–Crippen LogP) is 3.29. The van der Waals surface area contributed by atoms with Gasteiger partial charge in [-0.2, -0.15) is 0 Å². The second-order valence-electron chi connectivity index (χ2n) is 4.50. The van der Waals surface area contributed by atoms with Gasteiger partial charge in [-0.05, 0) is 31.7 Å². The van der Waals surface area contributed by atoms with E-state index in [1.54, 1.807) is 0 Å². The molecule has 17 heavy (non-hydrogen) atoms. The van der Waals surface area contributed by atoms with Gasteiger partial charge in [0.25, 0.3) is 0 Å². The molecule has 0 aliphatic heterocycles. The van der Waals surface area contributed by atoms with Gasteiger partial charge in [0, 0.05) is 0 Å². The average Bonchev–Trinajstić information content (AvgIpc) is 3.10. The van der Waals surface area contributed by atoms with E-state index in [0.29, 0.717) is 12.5 Å². The summed E-state index contributed by atoms with van der Waals surface area (Å²) in [6, 6.07) is 10.2. The summed E-state index contributed by atoms with van der Waals surface area (Å²) in [5.74, 6) is 0.433. The third kappa shape index (κ3) is 2.96. The summed E-state index contributed by atoms with van der Waals surface area (Å²) >= 11 is 0. The fourth-order valence-electron chi connectivity index (χ4n) is 2.13. The second kappa shape index (κ2) is 5.17.